The van der Waals surface area contributed by atoms with Crippen molar-refractivity contribution in [1.29, 1.82) is 5.26 Å². The van der Waals surface area contributed by atoms with Gasteiger partial charge in [-0.1, -0.05) is 6.92 Å². The van der Waals surface area contributed by atoms with Crippen LogP contribution in [0.15, 0.2) is 10.5 Å². The fraction of sp³-hybridized carbons (Fsp3) is 0.300. The molecule has 0 atom stereocenters. The third-order valence-corrected chi connectivity index (χ3v) is 2.90. The van der Waals surface area contributed by atoms with Crippen LogP contribution in [0.25, 0.3) is 0 Å². The molecule has 0 aliphatic heterocycles. The van der Waals surface area contributed by atoms with Gasteiger partial charge < -0.3 is 9.84 Å². The van der Waals surface area contributed by atoms with Gasteiger partial charge in [-0.15, -0.1) is 0 Å². The molecule has 0 aromatic heterocycles. The van der Waals surface area contributed by atoms with Gasteiger partial charge >= 0.3 is 0 Å². The normalized spacial score (nSPS) is 9.57. The van der Waals surface area contributed by atoms with Crippen molar-refractivity contribution in [3.05, 3.63) is 21.7 Å². The maximum absolute atomic E-state index is 9.61. The third-order valence-electron chi connectivity index (χ3n) is 1.99. The van der Waals surface area contributed by atoms with Gasteiger partial charge in [-0.3, -0.25) is 0 Å². The first-order chi connectivity index (χ1) is 6.65. The first kappa shape index (κ1) is 10.9. The Morgan fingerprint density at radius 3 is 2.71 bits per heavy atom. The number of methoxy groups -OCH3 is 1. The summed E-state index contributed by atoms with van der Waals surface area (Å²) in [7, 11) is 1.46. The van der Waals surface area contributed by atoms with Crippen molar-refractivity contribution in [2.24, 2.45) is 0 Å². The number of phenols is 1. The van der Waals surface area contributed by atoms with Crippen molar-refractivity contribution in [3.8, 4) is 17.6 Å². The Morgan fingerprint density at radius 2 is 2.29 bits per heavy atom. The van der Waals surface area contributed by atoms with Gasteiger partial charge in [0, 0.05) is 4.47 Å². The highest BCUT2D eigenvalue weighted by atomic mass is 79.9. The second-order valence-electron chi connectivity index (χ2n) is 2.74. The number of ether oxygens (including phenoxy) is 1. The summed E-state index contributed by atoms with van der Waals surface area (Å²) in [5, 5.41) is 18.5. The molecule has 0 saturated heterocycles. The van der Waals surface area contributed by atoms with Gasteiger partial charge in [-0.05, 0) is 34.0 Å². The van der Waals surface area contributed by atoms with E-state index in [4.69, 9.17) is 10.00 Å². The van der Waals surface area contributed by atoms with Gasteiger partial charge in [0.05, 0.1) is 7.11 Å². The molecule has 14 heavy (non-hydrogen) atoms. The molecule has 1 aromatic rings. The average molecular weight is 256 g/mol. The Hall–Kier alpha value is -1.21. The van der Waals surface area contributed by atoms with Crippen LogP contribution in [0, 0.1) is 11.3 Å². The number of benzene rings is 1. The summed E-state index contributed by atoms with van der Waals surface area (Å²) in [6, 6.07) is 3.66. The second-order valence-corrected chi connectivity index (χ2v) is 3.53. The number of aromatic hydroxyl groups is 1. The lowest BCUT2D eigenvalue weighted by Crippen LogP contribution is -1.93. The average Bonchev–Trinajstić information content (AvgIpc) is 2.19. The molecule has 0 saturated carbocycles. The number of rotatable bonds is 2. The lowest BCUT2D eigenvalue weighted by molar-refractivity contribution is 0.372. The van der Waals surface area contributed by atoms with Crippen LogP contribution in [0.5, 0.6) is 11.5 Å². The summed E-state index contributed by atoms with van der Waals surface area (Å²) in [6.07, 6.45) is 0.770. The smallest absolute Gasteiger partial charge is 0.177 e. The van der Waals surface area contributed by atoms with E-state index in [1.807, 2.05) is 13.0 Å². The van der Waals surface area contributed by atoms with Gasteiger partial charge in [-0.2, -0.15) is 5.26 Å². The van der Waals surface area contributed by atoms with Crippen LogP contribution in [0.3, 0.4) is 0 Å². The van der Waals surface area contributed by atoms with E-state index in [0.29, 0.717) is 10.2 Å². The molecule has 74 valence electrons. The van der Waals surface area contributed by atoms with E-state index < -0.39 is 0 Å². The van der Waals surface area contributed by atoms with Gasteiger partial charge in [0.1, 0.15) is 11.6 Å². The Labute approximate surface area is 91.1 Å². The van der Waals surface area contributed by atoms with Crippen LogP contribution >= 0.6 is 15.9 Å². The third kappa shape index (κ3) is 1.68. The highest BCUT2D eigenvalue weighted by Crippen LogP contribution is 2.37. The summed E-state index contributed by atoms with van der Waals surface area (Å²) in [5.41, 5.74) is 1.16. The van der Waals surface area contributed by atoms with E-state index in [1.165, 1.54) is 7.11 Å². The van der Waals surface area contributed by atoms with Gasteiger partial charge in [0.25, 0.3) is 0 Å². The molecule has 0 fully saturated rings. The van der Waals surface area contributed by atoms with Crippen LogP contribution in [0.2, 0.25) is 0 Å². The van der Waals surface area contributed by atoms with Crippen molar-refractivity contribution in [2.45, 2.75) is 13.3 Å². The molecule has 0 aliphatic carbocycles. The summed E-state index contributed by atoms with van der Waals surface area (Å²) in [5.74, 6) is 0.223. The van der Waals surface area contributed by atoms with E-state index in [-0.39, 0.29) is 11.3 Å². The number of nitriles is 1. The first-order valence-electron chi connectivity index (χ1n) is 4.14. The Kier molecular flexibility index (Phi) is 3.37. The quantitative estimate of drug-likeness (QED) is 0.884. The predicted octanol–water partition coefficient (Wildman–Crippen LogP) is 2.60. The van der Waals surface area contributed by atoms with E-state index in [9.17, 15) is 5.11 Å². The molecule has 3 nitrogen and oxygen atoms in total. The maximum Gasteiger partial charge on any atom is 0.177 e. The molecule has 0 spiro atoms. The second kappa shape index (κ2) is 4.34. The minimum Gasteiger partial charge on any atom is -0.503 e. The Balaban J connectivity index is 3.49. The molecular formula is C10H10BrNO2. The van der Waals surface area contributed by atoms with Gasteiger partial charge in [-0.25, -0.2) is 0 Å². The highest BCUT2D eigenvalue weighted by Gasteiger charge is 2.15. The molecule has 0 heterocycles. The Bertz CT molecular complexity index is 368. The molecule has 0 unspecified atom stereocenters. The zero-order valence-corrected chi connectivity index (χ0v) is 9.55. The SMILES string of the molecule is CCc1cc(OC)c(O)c(C#N)c1Br. The fourth-order valence-electron chi connectivity index (χ4n) is 1.19. The van der Waals surface area contributed by atoms with Crippen molar-refractivity contribution in [3.63, 3.8) is 0 Å². The van der Waals surface area contributed by atoms with Gasteiger partial charge in [0.15, 0.2) is 11.5 Å². The summed E-state index contributed by atoms with van der Waals surface area (Å²) in [6.45, 7) is 1.97. The molecule has 1 N–H and O–H groups in total. The van der Waals surface area contributed by atoms with Crippen molar-refractivity contribution >= 4 is 15.9 Å². The van der Waals surface area contributed by atoms with Crippen LogP contribution < -0.4 is 4.74 Å². The van der Waals surface area contributed by atoms with E-state index in [2.05, 4.69) is 15.9 Å². The largest absolute Gasteiger partial charge is 0.503 e. The molecule has 1 aromatic carbocycles. The summed E-state index contributed by atoms with van der Waals surface area (Å²) >= 11 is 3.28. The monoisotopic (exact) mass is 255 g/mol. The number of phenolic OH excluding ortho intramolecular Hbond substituents is 1. The van der Waals surface area contributed by atoms with Crippen molar-refractivity contribution < 1.29 is 9.84 Å². The van der Waals surface area contributed by atoms with Crippen LogP contribution in [-0.4, -0.2) is 12.2 Å². The zero-order valence-electron chi connectivity index (χ0n) is 7.97. The van der Waals surface area contributed by atoms with E-state index in [0.717, 1.165) is 12.0 Å². The number of nitrogens with zero attached hydrogens (tertiary/aromatic N) is 1. The predicted molar refractivity (Wildman–Crippen MR) is 56.5 cm³/mol. The number of hydrogen-bond donors (Lipinski definition) is 1. The number of halogens is 1. The number of aryl methyl sites for hydroxylation is 1. The van der Waals surface area contributed by atoms with Crippen LogP contribution in [-0.2, 0) is 6.42 Å². The number of hydrogen-bond acceptors (Lipinski definition) is 3. The lowest BCUT2D eigenvalue weighted by Gasteiger charge is -2.09. The molecule has 0 radical (unpaired) electrons. The molecule has 0 amide bonds. The fourth-order valence-corrected chi connectivity index (χ4v) is 1.86. The standard InChI is InChI=1S/C10H10BrNO2/c1-3-6-4-8(14-2)10(13)7(5-12)9(6)11/h4,13H,3H2,1-2H3. The van der Waals surface area contributed by atoms with Crippen LogP contribution in [0.1, 0.15) is 18.1 Å². The highest BCUT2D eigenvalue weighted by molar-refractivity contribution is 9.10. The topological polar surface area (TPSA) is 53.2 Å². The summed E-state index contributed by atoms with van der Waals surface area (Å²) < 4.78 is 5.60. The molecule has 0 aliphatic rings. The van der Waals surface area contributed by atoms with Crippen LogP contribution in [0.4, 0.5) is 0 Å². The minimum atomic E-state index is -0.112. The summed E-state index contributed by atoms with van der Waals surface area (Å²) in [4.78, 5) is 0. The first-order valence-corrected chi connectivity index (χ1v) is 4.93. The van der Waals surface area contributed by atoms with E-state index >= 15 is 0 Å². The Morgan fingerprint density at radius 1 is 1.64 bits per heavy atom. The zero-order chi connectivity index (χ0) is 10.7. The molecule has 4 heteroatoms. The molecular weight excluding hydrogens is 246 g/mol. The van der Waals surface area contributed by atoms with E-state index in [1.54, 1.807) is 6.07 Å². The minimum absolute atomic E-state index is 0.112. The lowest BCUT2D eigenvalue weighted by atomic mass is 10.1. The van der Waals surface area contributed by atoms with Gasteiger partial charge in [0.2, 0.25) is 0 Å². The molecule has 1 rings (SSSR count). The molecule has 0 bridgehead atoms. The van der Waals surface area contributed by atoms with Crippen molar-refractivity contribution in [1.82, 2.24) is 0 Å². The maximum atomic E-state index is 9.61. The van der Waals surface area contributed by atoms with Crippen molar-refractivity contribution in [2.75, 3.05) is 7.11 Å².